The van der Waals surface area contributed by atoms with Crippen LogP contribution in [0.4, 0.5) is 0 Å². The van der Waals surface area contributed by atoms with Gasteiger partial charge >= 0.3 is 0 Å². The Morgan fingerprint density at radius 2 is 1.81 bits per heavy atom. The number of ether oxygens (including phenoxy) is 1. The van der Waals surface area contributed by atoms with Crippen LogP contribution in [0.1, 0.15) is 33.6 Å². The van der Waals surface area contributed by atoms with Crippen LogP contribution >= 0.6 is 24.0 Å². The second-order valence-electron chi connectivity index (χ2n) is 7.52. The maximum Gasteiger partial charge on any atom is 0.193 e. The molecule has 0 unspecified atom stereocenters. The van der Waals surface area contributed by atoms with Crippen molar-refractivity contribution in [2.45, 2.75) is 44.5 Å². The fourth-order valence-electron chi connectivity index (χ4n) is 2.81. The molecule has 0 atom stereocenters. The first-order valence-electron chi connectivity index (χ1n) is 9.12. The molecule has 1 aliphatic heterocycles. The Morgan fingerprint density at radius 3 is 2.33 bits per heavy atom. The third kappa shape index (κ3) is 7.14. The molecule has 8 heteroatoms. The van der Waals surface area contributed by atoms with Crippen LogP contribution in [0.3, 0.4) is 0 Å². The van der Waals surface area contributed by atoms with Crippen LogP contribution in [0.15, 0.2) is 35.3 Å². The number of hydrogen-bond donors (Lipinski definition) is 1. The van der Waals surface area contributed by atoms with E-state index < -0.39 is 14.6 Å². The highest BCUT2D eigenvalue weighted by atomic mass is 127. The second-order valence-corrected chi connectivity index (χ2v) is 10.4. The van der Waals surface area contributed by atoms with Crippen molar-refractivity contribution in [3.63, 3.8) is 0 Å². The summed E-state index contributed by atoms with van der Waals surface area (Å²) in [6.45, 7) is 7.23. The Hall–Kier alpha value is -1.03. The minimum Gasteiger partial charge on any atom is -0.490 e. The van der Waals surface area contributed by atoms with Gasteiger partial charge in [0.25, 0.3) is 0 Å². The Morgan fingerprint density at radius 1 is 1.22 bits per heavy atom. The molecule has 0 spiro atoms. The molecule has 1 N–H and O–H groups in total. The SMILES string of the molecule is CN=C(NCCS(=O)(=O)C(C)(C)C)N1CCC(Oc2ccccc2)CC1.I. The molecule has 0 aromatic heterocycles. The molecule has 1 aromatic rings. The van der Waals surface area contributed by atoms with Gasteiger partial charge in [-0.05, 0) is 32.9 Å². The second kappa shape index (κ2) is 10.5. The zero-order chi connectivity index (χ0) is 19.2. The van der Waals surface area contributed by atoms with Crippen molar-refractivity contribution >= 4 is 39.8 Å². The van der Waals surface area contributed by atoms with Crippen molar-refractivity contribution in [3.05, 3.63) is 30.3 Å². The lowest BCUT2D eigenvalue weighted by molar-refractivity contribution is 0.129. The van der Waals surface area contributed by atoms with Gasteiger partial charge in [-0.15, -0.1) is 24.0 Å². The topological polar surface area (TPSA) is 71.0 Å². The molecule has 27 heavy (non-hydrogen) atoms. The van der Waals surface area contributed by atoms with Crippen molar-refractivity contribution in [3.8, 4) is 5.75 Å². The summed E-state index contributed by atoms with van der Waals surface area (Å²) in [5, 5.41) is 3.19. The minimum absolute atomic E-state index is 0. The molecule has 1 fully saturated rings. The minimum atomic E-state index is -3.13. The number of aliphatic imine (C=N–C) groups is 1. The molecule has 0 bridgehead atoms. The average Bonchev–Trinajstić information content (AvgIpc) is 2.59. The van der Waals surface area contributed by atoms with Gasteiger partial charge in [-0.3, -0.25) is 4.99 Å². The smallest absolute Gasteiger partial charge is 0.193 e. The van der Waals surface area contributed by atoms with Gasteiger partial charge in [0.2, 0.25) is 0 Å². The Kier molecular flexibility index (Phi) is 9.33. The van der Waals surface area contributed by atoms with Gasteiger partial charge in [-0.1, -0.05) is 18.2 Å². The largest absolute Gasteiger partial charge is 0.490 e. The molecule has 1 aromatic carbocycles. The number of hydrogen-bond acceptors (Lipinski definition) is 4. The third-order valence-corrected chi connectivity index (χ3v) is 7.19. The van der Waals surface area contributed by atoms with E-state index in [2.05, 4.69) is 15.2 Å². The van der Waals surface area contributed by atoms with Crippen LogP contribution in [0.25, 0.3) is 0 Å². The fourth-order valence-corrected chi connectivity index (χ4v) is 3.80. The van der Waals surface area contributed by atoms with E-state index in [0.717, 1.165) is 37.6 Å². The van der Waals surface area contributed by atoms with Crippen molar-refractivity contribution in [1.29, 1.82) is 0 Å². The molecule has 154 valence electrons. The highest BCUT2D eigenvalue weighted by Crippen LogP contribution is 2.19. The maximum absolute atomic E-state index is 12.2. The predicted octanol–water partition coefficient (Wildman–Crippen LogP) is 2.94. The van der Waals surface area contributed by atoms with E-state index in [-0.39, 0.29) is 35.8 Å². The summed E-state index contributed by atoms with van der Waals surface area (Å²) in [6, 6.07) is 9.87. The summed E-state index contributed by atoms with van der Waals surface area (Å²) in [4.78, 5) is 6.46. The monoisotopic (exact) mass is 509 g/mol. The molecule has 2 rings (SSSR count). The number of piperidine rings is 1. The van der Waals surface area contributed by atoms with E-state index in [1.54, 1.807) is 27.8 Å². The standard InChI is InChI=1S/C19H31N3O3S.HI/c1-19(2,3)26(23,24)15-12-21-18(20-4)22-13-10-17(11-14-22)25-16-8-6-5-7-9-16;/h5-9,17H,10-15H2,1-4H3,(H,20,21);1H. The van der Waals surface area contributed by atoms with Crippen LogP contribution < -0.4 is 10.1 Å². The van der Waals surface area contributed by atoms with Gasteiger partial charge in [0.15, 0.2) is 15.8 Å². The summed E-state index contributed by atoms with van der Waals surface area (Å²) >= 11 is 0. The van der Waals surface area contributed by atoms with Gasteiger partial charge in [0, 0.05) is 39.5 Å². The number of nitrogens with zero attached hydrogens (tertiary/aromatic N) is 2. The van der Waals surface area contributed by atoms with Gasteiger partial charge < -0.3 is 15.0 Å². The molecule has 1 aliphatic rings. The zero-order valence-corrected chi connectivity index (χ0v) is 19.8. The van der Waals surface area contributed by atoms with Crippen LogP contribution in [0.2, 0.25) is 0 Å². The van der Waals surface area contributed by atoms with Gasteiger partial charge in [0.05, 0.1) is 10.5 Å². The number of rotatable bonds is 5. The quantitative estimate of drug-likeness (QED) is 0.376. The van der Waals surface area contributed by atoms with Crippen molar-refractivity contribution in [2.75, 3.05) is 32.4 Å². The van der Waals surface area contributed by atoms with E-state index in [9.17, 15) is 8.42 Å². The van der Waals surface area contributed by atoms with E-state index in [1.807, 2.05) is 30.3 Å². The molecule has 1 heterocycles. The maximum atomic E-state index is 12.2. The van der Waals surface area contributed by atoms with Gasteiger partial charge in [-0.25, -0.2) is 8.42 Å². The molecule has 1 saturated heterocycles. The highest BCUT2D eigenvalue weighted by molar-refractivity contribution is 14.0. The van der Waals surface area contributed by atoms with E-state index >= 15 is 0 Å². The lowest BCUT2D eigenvalue weighted by Crippen LogP contribution is -2.48. The van der Waals surface area contributed by atoms with Crippen LogP contribution in [0.5, 0.6) is 5.75 Å². The number of guanidine groups is 1. The Bertz CT molecular complexity index is 695. The summed E-state index contributed by atoms with van der Waals surface area (Å²) in [5.41, 5.74) is 0. The highest BCUT2D eigenvalue weighted by Gasteiger charge is 2.29. The van der Waals surface area contributed by atoms with E-state index in [0.29, 0.717) is 6.54 Å². The first-order chi connectivity index (χ1) is 12.2. The van der Waals surface area contributed by atoms with Crippen molar-refractivity contribution in [2.24, 2.45) is 4.99 Å². The lowest BCUT2D eigenvalue weighted by Gasteiger charge is -2.34. The van der Waals surface area contributed by atoms with Crippen LogP contribution in [-0.4, -0.2) is 62.6 Å². The zero-order valence-electron chi connectivity index (χ0n) is 16.6. The number of likely N-dealkylation sites (tertiary alicyclic amines) is 1. The first-order valence-corrected chi connectivity index (χ1v) is 10.8. The normalized spacial score (nSPS) is 16.6. The Balaban J connectivity index is 0.00000364. The predicted molar refractivity (Wildman–Crippen MR) is 122 cm³/mol. The number of para-hydroxylation sites is 1. The van der Waals surface area contributed by atoms with E-state index in [4.69, 9.17) is 4.74 Å². The molecular formula is C19H32IN3O3S. The third-order valence-electron chi connectivity index (χ3n) is 4.59. The summed E-state index contributed by atoms with van der Waals surface area (Å²) in [5.74, 6) is 1.76. The van der Waals surface area contributed by atoms with Gasteiger partial charge in [-0.2, -0.15) is 0 Å². The summed E-state index contributed by atoms with van der Waals surface area (Å²) in [6.07, 6.45) is 2.03. The number of benzene rings is 1. The van der Waals surface area contributed by atoms with Crippen LogP contribution in [0, 0.1) is 0 Å². The lowest BCUT2D eigenvalue weighted by atomic mass is 10.1. The molecule has 0 aliphatic carbocycles. The Labute approximate surface area is 180 Å². The van der Waals surface area contributed by atoms with E-state index in [1.165, 1.54) is 0 Å². The number of halogens is 1. The molecule has 0 amide bonds. The number of nitrogens with one attached hydrogen (secondary N) is 1. The van der Waals surface area contributed by atoms with Crippen molar-refractivity contribution < 1.29 is 13.2 Å². The van der Waals surface area contributed by atoms with Crippen LogP contribution in [-0.2, 0) is 9.84 Å². The first kappa shape index (κ1) is 24.0. The molecular weight excluding hydrogens is 477 g/mol. The fraction of sp³-hybridized carbons (Fsp3) is 0.632. The van der Waals surface area contributed by atoms with Crippen molar-refractivity contribution in [1.82, 2.24) is 10.2 Å². The molecule has 0 saturated carbocycles. The van der Waals surface area contributed by atoms with Gasteiger partial charge in [0.1, 0.15) is 11.9 Å². The molecule has 0 radical (unpaired) electrons. The average molecular weight is 509 g/mol. The molecule has 6 nitrogen and oxygen atoms in total. The summed E-state index contributed by atoms with van der Waals surface area (Å²) < 4.78 is 29.7. The number of sulfone groups is 1. The summed E-state index contributed by atoms with van der Waals surface area (Å²) in [7, 11) is -1.40.